The van der Waals surface area contributed by atoms with Gasteiger partial charge in [0.15, 0.2) is 5.11 Å². The van der Waals surface area contributed by atoms with Crippen molar-refractivity contribution in [3.05, 3.63) is 57.5 Å². The van der Waals surface area contributed by atoms with Crippen molar-refractivity contribution < 1.29 is 14.3 Å². The average molecular weight is 444 g/mol. The van der Waals surface area contributed by atoms with Crippen molar-refractivity contribution in [3.8, 4) is 5.75 Å². The standard InChI is InChI=1S/C17H16BrClN2O3S/c1-23-8-9-24-15-7-6-11(10-12(15)18)16(22)21-17(25)20-14-5-3-2-4-13(14)19/h2-7,10H,8-9H2,1H3,(H2,20,21,22,25). The normalized spacial score (nSPS) is 10.2. The molecule has 8 heteroatoms. The number of carbonyl (C=O) groups is 1. The fourth-order valence-corrected chi connectivity index (χ4v) is 2.76. The minimum absolute atomic E-state index is 0.162. The third-order valence-corrected chi connectivity index (χ3v) is 4.24. The zero-order valence-corrected chi connectivity index (χ0v) is 16.5. The van der Waals surface area contributed by atoms with Crippen LogP contribution >= 0.6 is 39.7 Å². The maximum Gasteiger partial charge on any atom is 0.257 e. The van der Waals surface area contributed by atoms with Gasteiger partial charge in [0.25, 0.3) is 5.91 Å². The summed E-state index contributed by atoms with van der Waals surface area (Å²) in [7, 11) is 1.60. The monoisotopic (exact) mass is 442 g/mol. The Morgan fingerprint density at radius 3 is 2.68 bits per heavy atom. The van der Waals surface area contributed by atoms with Crippen LogP contribution in [0.4, 0.5) is 5.69 Å². The first-order valence-corrected chi connectivity index (χ1v) is 8.87. The topological polar surface area (TPSA) is 59.6 Å². The first kappa shape index (κ1) is 19.7. The van der Waals surface area contributed by atoms with Gasteiger partial charge in [0.2, 0.25) is 0 Å². The Labute approximate surface area is 164 Å². The van der Waals surface area contributed by atoms with Gasteiger partial charge in [0.05, 0.1) is 21.8 Å². The van der Waals surface area contributed by atoms with Crippen LogP contribution in [0.3, 0.4) is 0 Å². The van der Waals surface area contributed by atoms with Crippen molar-refractivity contribution in [2.24, 2.45) is 0 Å². The highest BCUT2D eigenvalue weighted by Crippen LogP contribution is 2.26. The second kappa shape index (κ2) is 9.72. The lowest BCUT2D eigenvalue weighted by Crippen LogP contribution is -2.34. The Hall–Kier alpha value is -1.67. The number of amides is 1. The minimum Gasteiger partial charge on any atom is -0.490 e. The van der Waals surface area contributed by atoms with Gasteiger partial charge in [-0.15, -0.1) is 0 Å². The number of hydrogen-bond acceptors (Lipinski definition) is 4. The summed E-state index contributed by atoms with van der Waals surface area (Å²) in [6.07, 6.45) is 0. The van der Waals surface area contributed by atoms with Gasteiger partial charge in [-0.25, -0.2) is 0 Å². The number of benzene rings is 2. The summed E-state index contributed by atoms with van der Waals surface area (Å²) in [4.78, 5) is 12.3. The van der Waals surface area contributed by atoms with Crippen LogP contribution in [0.25, 0.3) is 0 Å². The first-order valence-electron chi connectivity index (χ1n) is 7.29. The molecule has 5 nitrogen and oxygen atoms in total. The van der Waals surface area contributed by atoms with Gasteiger partial charge in [-0.05, 0) is 58.5 Å². The summed E-state index contributed by atoms with van der Waals surface area (Å²) in [6.45, 7) is 0.906. The third-order valence-electron chi connectivity index (χ3n) is 3.09. The van der Waals surface area contributed by atoms with E-state index in [4.69, 9.17) is 33.3 Å². The number of carbonyl (C=O) groups excluding carboxylic acids is 1. The molecule has 0 spiro atoms. The van der Waals surface area contributed by atoms with Gasteiger partial charge in [0, 0.05) is 12.7 Å². The summed E-state index contributed by atoms with van der Waals surface area (Å²) >= 11 is 14.6. The number of rotatable bonds is 6. The molecule has 0 heterocycles. The predicted octanol–water partition coefficient (Wildman–Crippen LogP) is 4.25. The van der Waals surface area contributed by atoms with E-state index in [1.165, 1.54) is 0 Å². The molecular formula is C17H16BrClN2O3S. The first-order chi connectivity index (χ1) is 12.0. The lowest BCUT2D eigenvalue weighted by Gasteiger charge is -2.12. The van der Waals surface area contributed by atoms with Crippen LogP contribution < -0.4 is 15.4 Å². The van der Waals surface area contributed by atoms with Crippen LogP contribution in [-0.4, -0.2) is 31.3 Å². The van der Waals surface area contributed by atoms with Crippen LogP contribution in [0.2, 0.25) is 5.02 Å². The van der Waals surface area contributed by atoms with Crippen molar-refractivity contribution in [3.63, 3.8) is 0 Å². The van der Waals surface area contributed by atoms with Gasteiger partial charge in [-0.2, -0.15) is 0 Å². The number of thiocarbonyl (C=S) groups is 1. The average Bonchev–Trinajstić information content (AvgIpc) is 2.58. The summed E-state index contributed by atoms with van der Waals surface area (Å²) in [5, 5.41) is 6.18. The zero-order valence-electron chi connectivity index (χ0n) is 13.3. The third kappa shape index (κ3) is 5.97. The van der Waals surface area contributed by atoms with Crippen LogP contribution in [-0.2, 0) is 4.74 Å². The highest BCUT2D eigenvalue weighted by atomic mass is 79.9. The molecule has 2 aromatic rings. The molecule has 2 N–H and O–H groups in total. The maximum atomic E-state index is 12.3. The molecule has 2 aromatic carbocycles. The Bertz CT molecular complexity index is 773. The summed E-state index contributed by atoms with van der Waals surface area (Å²) in [5.74, 6) is 0.291. The predicted molar refractivity (Wildman–Crippen MR) is 107 cm³/mol. The van der Waals surface area contributed by atoms with E-state index < -0.39 is 0 Å². The molecule has 0 aromatic heterocycles. The number of ether oxygens (including phenoxy) is 2. The SMILES string of the molecule is COCCOc1ccc(C(=O)NC(=S)Nc2ccccc2Cl)cc1Br. The van der Waals surface area contributed by atoms with Gasteiger partial charge in [-0.3, -0.25) is 10.1 Å². The molecule has 132 valence electrons. The molecule has 25 heavy (non-hydrogen) atoms. The second-order valence-electron chi connectivity index (χ2n) is 4.87. The summed E-state index contributed by atoms with van der Waals surface area (Å²) in [6, 6.07) is 12.1. The van der Waals surface area contributed by atoms with E-state index in [1.807, 2.05) is 12.1 Å². The molecule has 0 aliphatic rings. The molecule has 0 atom stereocenters. The fraction of sp³-hybridized carbons (Fsp3) is 0.176. The van der Waals surface area contributed by atoms with Crippen molar-refractivity contribution in [2.75, 3.05) is 25.6 Å². The number of para-hydroxylation sites is 1. The van der Waals surface area contributed by atoms with Crippen molar-refractivity contribution in [1.29, 1.82) is 0 Å². The number of nitrogens with one attached hydrogen (secondary N) is 2. The lowest BCUT2D eigenvalue weighted by molar-refractivity contribution is 0.0977. The molecule has 0 aliphatic heterocycles. The maximum absolute atomic E-state index is 12.3. The van der Waals surface area contributed by atoms with E-state index in [0.29, 0.717) is 39.7 Å². The second-order valence-corrected chi connectivity index (χ2v) is 6.54. The zero-order chi connectivity index (χ0) is 18.2. The molecule has 0 bridgehead atoms. The number of halogens is 2. The summed E-state index contributed by atoms with van der Waals surface area (Å²) < 4.78 is 11.1. The number of anilines is 1. The van der Waals surface area contributed by atoms with Gasteiger partial charge in [-0.1, -0.05) is 23.7 Å². The summed E-state index contributed by atoms with van der Waals surface area (Å²) in [5.41, 5.74) is 1.06. The van der Waals surface area contributed by atoms with Crippen LogP contribution in [0.5, 0.6) is 5.75 Å². The number of hydrogen-bond donors (Lipinski definition) is 2. The Morgan fingerprint density at radius 1 is 1.24 bits per heavy atom. The van der Waals surface area contributed by atoms with E-state index in [1.54, 1.807) is 37.4 Å². The van der Waals surface area contributed by atoms with Gasteiger partial charge >= 0.3 is 0 Å². The van der Waals surface area contributed by atoms with Crippen molar-refractivity contribution >= 4 is 56.5 Å². The van der Waals surface area contributed by atoms with Crippen LogP contribution in [0, 0.1) is 0 Å². The highest BCUT2D eigenvalue weighted by Gasteiger charge is 2.11. The van der Waals surface area contributed by atoms with E-state index in [9.17, 15) is 4.79 Å². The Balaban J connectivity index is 1.97. The van der Waals surface area contributed by atoms with Crippen LogP contribution in [0.1, 0.15) is 10.4 Å². The molecular weight excluding hydrogens is 428 g/mol. The minimum atomic E-state index is -0.339. The van der Waals surface area contributed by atoms with Gasteiger partial charge in [0.1, 0.15) is 12.4 Å². The highest BCUT2D eigenvalue weighted by molar-refractivity contribution is 9.10. The van der Waals surface area contributed by atoms with Gasteiger partial charge < -0.3 is 14.8 Å². The molecule has 0 saturated heterocycles. The van der Waals surface area contributed by atoms with Crippen LogP contribution in [0.15, 0.2) is 46.9 Å². The van der Waals surface area contributed by atoms with Crippen molar-refractivity contribution in [1.82, 2.24) is 5.32 Å². The fourth-order valence-electron chi connectivity index (χ4n) is 1.89. The largest absolute Gasteiger partial charge is 0.490 e. The Morgan fingerprint density at radius 2 is 2.00 bits per heavy atom. The van der Waals surface area contributed by atoms with E-state index in [0.717, 1.165) is 0 Å². The quantitative estimate of drug-likeness (QED) is 0.516. The molecule has 0 fully saturated rings. The molecule has 0 aliphatic carbocycles. The Kier molecular flexibility index (Phi) is 7.64. The number of methoxy groups -OCH3 is 1. The molecule has 2 rings (SSSR count). The van der Waals surface area contributed by atoms with Crippen molar-refractivity contribution in [2.45, 2.75) is 0 Å². The molecule has 0 radical (unpaired) electrons. The lowest BCUT2D eigenvalue weighted by atomic mass is 10.2. The smallest absolute Gasteiger partial charge is 0.257 e. The molecule has 0 saturated carbocycles. The molecule has 0 unspecified atom stereocenters. The van der Waals surface area contributed by atoms with E-state index >= 15 is 0 Å². The van der Waals surface area contributed by atoms with E-state index in [2.05, 4.69) is 26.6 Å². The molecule has 1 amide bonds. The van der Waals surface area contributed by atoms with E-state index in [-0.39, 0.29) is 11.0 Å².